The van der Waals surface area contributed by atoms with Gasteiger partial charge in [-0.2, -0.15) is 0 Å². The van der Waals surface area contributed by atoms with Crippen LogP contribution in [0.15, 0.2) is 229 Å². The number of allylic oxidation sites excluding steroid dienone is 7. The van der Waals surface area contributed by atoms with Gasteiger partial charge in [-0.05, 0) is 140 Å². The molecule has 0 aliphatic carbocycles. The summed E-state index contributed by atoms with van der Waals surface area (Å²) in [5.74, 6) is 0. The molecule has 3 heterocycles. The van der Waals surface area contributed by atoms with Gasteiger partial charge in [0.25, 0.3) is 0 Å². The van der Waals surface area contributed by atoms with E-state index in [1.54, 1.807) is 6.08 Å². The first kappa shape index (κ1) is 42.5. The number of fused-ring (bicyclic) bond motifs is 7. The maximum absolute atomic E-state index is 6.59. The third kappa shape index (κ3) is 8.17. The van der Waals surface area contributed by atoms with Crippen LogP contribution in [0.25, 0.3) is 94.8 Å². The van der Waals surface area contributed by atoms with Crippen molar-refractivity contribution in [2.45, 2.75) is 27.7 Å². The molecule has 0 N–H and O–H groups in total. The standard InChI is InChI=1S/C57H44N2O.C7H8/c1-5-7-11-18-38(3)45-29-30-47-48-34-40(26-31-54(48)59(57(47)39(45)4)44-21-14-10-15-22-44)35-50-51-37-42(28-33-56(51)60-55(50)25-8-6-2)41-27-32-53-49(36-41)46-23-16-17-24-52(46)58(53)43-19-12-9-13-20-43;1-7-5-3-2-4-6-7/h5-37H,1H2,2-4H3;2-6H,1H3/b8-6-,11-7-,38-18+,50-35?,55-25+;. The molecule has 0 amide bonds. The second-order valence-electron chi connectivity index (χ2n) is 17.1. The lowest BCUT2D eigenvalue weighted by molar-refractivity contribution is 0.576. The van der Waals surface area contributed by atoms with Crippen LogP contribution in [0.4, 0.5) is 0 Å². The van der Waals surface area contributed by atoms with E-state index in [9.17, 15) is 0 Å². The third-order valence-electron chi connectivity index (χ3n) is 12.7. The zero-order valence-electron chi connectivity index (χ0n) is 38.4. The topological polar surface area (TPSA) is 23.0 Å². The maximum atomic E-state index is 6.59. The Morgan fingerprint density at radius 3 is 1.85 bits per heavy atom. The van der Waals surface area contributed by atoms with Gasteiger partial charge in [0.15, 0.2) is 0 Å². The highest BCUT2D eigenvalue weighted by molar-refractivity contribution is 6.12. The average Bonchev–Trinajstić information content (AvgIpc) is 4.01. The number of hydrogen-bond donors (Lipinski definition) is 0. The van der Waals surface area contributed by atoms with Crippen LogP contribution in [0, 0.1) is 13.8 Å². The minimum atomic E-state index is 0.835. The van der Waals surface area contributed by atoms with Gasteiger partial charge in [-0.1, -0.05) is 164 Å². The Labute approximate surface area is 392 Å². The molecule has 0 radical (unpaired) electrons. The maximum Gasteiger partial charge on any atom is 0.135 e. The van der Waals surface area contributed by atoms with E-state index in [4.69, 9.17) is 4.42 Å². The summed E-state index contributed by atoms with van der Waals surface area (Å²) < 4.78 is 11.4. The van der Waals surface area contributed by atoms with Crippen molar-refractivity contribution in [3.05, 3.63) is 258 Å². The molecular weight excluding hydrogens is 813 g/mol. The SMILES string of the molecule is C=C/C=C\C=C(/C)c1ccc2c3cc(C=c4/c(=C\C=C/C)oc5ccc(-c6ccc7c(c6)c6ccccc6n7-c6ccccc6)cc45)ccc3n(-c3ccccc3)c2c1C.Cc1ccccc1. The van der Waals surface area contributed by atoms with E-state index in [0.717, 1.165) is 49.7 Å². The second kappa shape index (κ2) is 18.6. The summed E-state index contributed by atoms with van der Waals surface area (Å²) in [6.07, 6.45) is 16.4. The van der Waals surface area contributed by atoms with E-state index in [2.05, 4.69) is 225 Å². The Morgan fingerprint density at radius 1 is 0.537 bits per heavy atom. The molecule has 11 aromatic rings. The van der Waals surface area contributed by atoms with Crippen molar-refractivity contribution >= 4 is 72.3 Å². The van der Waals surface area contributed by atoms with Crippen LogP contribution in [0.3, 0.4) is 0 Å². The summed E-state index contributed by atoms with van der Waals surface area (Å²) in [5, 5.41) is 7.04. The van der Waals surface area contributed by atoms with Gasteiger partial charge in [0.05, 0.1) is 22.1 Å². The van der Waals surface area contributed by atoms with Gasteiger partial charge in [-0.25, -0.2) is 0 Å². The summed E-state index contributed by atoms with van der Waals surface area (Å²) in [5.41, 5.74) is 17.2. The Kier molecular flexibility index (Phi) is 11.8. The summed E-state index contributed by atoms with van der Waals surface area (Å²) in [7, 11) is 0. The van der Waals surface area contributed by atoms with Gasteiger partial charge in [0.1, 0.15) is 11.0 Å². The van der Waals surface area contributed by atoms with E-state index in [1.807, 2.05) is 43.4 Å². The normalized spacial score (nSPS) is 12.7. The summed E-state index contributed by atoms with van der Waals surface area (Å²) in [6, 6.07) is 65.1. The molecule has 0 aliphatic heterocycles. The van der Waals surface area contributed by atoms with Crippen LogP contribution < -0.4 is 10.6 Å². The Balaban J connectivity index is 0.000000689. The first-order valence-corrected chi connectivity index (χ1v) is 23.0. The van der Waals surface area contributed by atoms with Crippen molar-refractivity contribution < 1.29 is 4.42 Å². The fourth-order valence-corrected chi connectivity index (χ4v) is 9.50. The number of rotatable bonds is 8. The monoisotopic (exact) mass is 864 g/mol. The van der Waals surface area contributed by atoms with Crippen molar-refractivity contribution in [3.63, 3.8) is 0 Å². The number of hydrogen-bond acceptors (Lipinski definition) is 1. The zero-order chi connectivity index (χ0) is 45.9. The van der Waals surface area contributed by atoms with Gasteiger partial charge in [0, 0.05) is 43.5 Å². The van der Waals surface area contributed by atoms with Crippen molar-refractivity contribution in [2.24, 2.45) is 0 Å². The first-order valence-electron chi connectivity index (χ1n) is 23.0. The first-order chi connectivity index (χ1) is 32.9. The van der Waals surface area contributed by atoms with E-state index >= 15 is 0 Å². The Bertz CT molecular complexity index is 3840. The van der Waals surface area contributed by atoms with Gasteiger partial charge in [0.2, 0.25) is 0 Å². The fraction of sp³-hybridized carbons (Fsp3) is 0.0625. The van der Waals surface area contributed by atoms with E-state index in [1.165, 1.54) is 65.9 Å². The van der Waals surface area contributed by atoms with Crippen LogP contribution in [-0.2, 0) is 0 Å². The highest BCUT2D eigenvalue weighted by Crippen LogP contribution is 2.38. The molecule has 3 heteroatoms. The summed E-state index contributed by atoms with van der Waals surface area (Å²) in [4.78, 5) is 0. The molecule has 0 bridgehead atoms. The Morgan fingerprint density at radius 2 is 1.15 bits per heavy atom. The molecule has 67 heavy (non-hydrogen) atoms. The molecule has 0 spiro atoms. The quantitative estimate of drug-likeness (QED) is 0.140. The summed E-state index contributed by atoms with van der Waals surface area (Å²) >= 11 is 0. The van der Waals surface area contributed by atoms with Crippen molar-refractivity contribution in [3.8, 4) is 22.5 Å². The van der Waals surface area contributed by atoms with Gasteiger partial charge in [-0.3, -0.25) is 0 Å². The lowest BCUT2D eigenvalue weighted by atomic mass is 9.98. The molecule has 324 valence electrons. The van der Waals surface area contributed by atoms with E-state index in [0.29, 0.717) is 0 Å². The zero-order valence-corrected chi connectivity index (χ0v) is 38.4. The van der Waals surface area contributed by atoms with Crippen LogP contribution in [0.5, 0.6) is 0 Å². The van der Waals surface area contributed by atoms with E-state index in [-0.39, 0.29) is 0 Å². The molecule has 8 aromatic carbocycles. The largest absolute Gasteiger partial charge is 0.456 e. The average molecular weight is 865 g/mol. The molecular formula is C64H52N2O. The smallest absolute Gasteiger partial charge is 0.135 e. The van der Waals surface area contributed by atoms with Crippen LogP contribution in [0.2, 0.25) is 0 Å². The Hall–Kier alpha value is -8.40. The van der Waals surface area contributed by atoms with Crippen LogP contribution >= 0.6 is 0 Å². The van der Waals surface area contributed by atoms with Crippen LogP contribution in [0.1, 0.15) is 36.1 Å². The molecule has 0 saturated carbocycles. The minimum Gasteiger partial charge on any atom is -0.456 e. The van der Waals surface area contributed by atoms with Crippen molar-refractivity contribution in [1.82, 2.24) is 9.13 Å². The lowest BCUT2D eigenvalue weighted by Crippen LogP contribution is -2.19. The molecule has 3 aromatic heterocycles. The van der Waals surface area contributed by atoms with Crippen LogP contribution in [-0.4, -0.2) is 9.13 Å². The van der Waals surface area contributed by atoms with Gasteiger partial charge < -0.3 is 13.6 Å². The number of benzene rings is 8. The molecule has 3 nitrogen and oxygen atoms in total. The highest BCUT2D eigenvalue weighted by atomic mass is 16.3. The molecule has 0 atom stereocenters. The van der Waals surface area contributed by atoms with Gasteiger partial charge in [-0.15, -0.1) is 0 Å². The summed E-state index contributed by atoms with van der Waals surface area (Å²) in [6.45, 7) is 12.4. The predicted octanol–water partition coefficient (Wildman–Crippen LogP) is 15.9. The number of furan rings is 1. The minimum absolute atomic E-state index is 0.835. The van der Waals surface area contributed by atoms with Crippen molar-refractivity contribution in [2.75, 3.05) is 0 Å². The molecule has 0 aliphatic rings. The van der Waals surface area contributed by atoms with Crippen molar-refractivity contribution in [1.29, 1.82) is 0 Å². The second-order valence-corrected chi connectivity index (χ2v) is 17.1. The number of aromatic nitrogens is 2. The number of aryl methyl sites for hydroxylation is 2. The number of para-hydroxylation sites is 3. The lowest BCUT2D eigenvalue weighted by Gasteiger charge is -2.13. The predicted molar refractivity (Wildman–Crippen MR) is 288 cm³/mol. The van der Waals surface area contributed by atoms with Gasteiger partial charge >= 0.3 is 0 Å². The molecule has 0 saturated heterocycles. The third-order valence-corrected chi connectivity index (χ3v) is 12.7. The fourth-order valence-electron chi connectivity index (χ4n) is 9.50. The number of nitrogens with zero attached hydrogens (tertiary/aromatic N) is 2. The van der Waals surface area contributed by atoms with E-state index < -0.39 is 0 Å². The highest BCUT2D eigenvalue weighted by Gasteiger charge is 2.18. The molecule has 0 unspecified atom stereocenters. The molecule has 11 rings (SSSR count). The molecule has 0 fully saturated rings.